The highest BCUT2D eigenvalue weighted by Crippen LogP contribution is 2.21. The second kappa shape index (κ2) is 4.75. The molecule has 1 aliphatic rings. The maximum Gasteiger partial charge on any atom is 0.229 e. The van der Waals surface area contributed by atoms with Crippen molar-refractivity contribution in [3.63, 3.8) is 0 Å². The molecule has 2 rings (SSSR count). The van der Waals surface area contributed by atoms with E-state index in [1.165, 1.54) is 12.8 Å². The summed E-state index contributed by atoms with van der Waals surface area (Å²) >= 11 is 0. The van der Waals surface area contributed by atoms with Crippen LogP contribution in [0.2, 0.25) is 0 Å². The monoisotopic (exact) mass is 209 g/mol. The Balaban J connectivity index is 1.89. The van der Waals surface area contributed by atoms with E-state index in [2.05, 4.69) is 29.3 Å². The molecule has 0 bridgehead atoms. The predicted octanol–water partition coefficient (Wildman–Crippen LogP) is 2.23. The molecule has 1 fully saturated rings. The van der Waals surface area contributed by atoms with Gasteiger partial charge in [-0.3, -0.25) is 0 Å². The van der Waals surface area contributed by atoms with Crippen molar-refractivity contribution in [1.82, 2.24) is 15.5 Å². The number of hydrogen-bond acceptors (Lipinski definition) is 4. The molecule has 0 amide bonds. The maximum atomic E-state index is 5.26. The topological polar surface area (TPSA) is 51.0 Å². The Morgan fingerprint density at radius 2 is 2.13 bits per heavy atom. The molecule has 15 heavy (non-hydrogen) atoms. The SMILES string of the molecule is CCC(CC)c1nc(CNC2CC2)no1. The fourth-order valence-corrected chi connectivity index (χ4v) is 1.67. The molecule has 0 unspecified atom stereocenters. The molecule has 1 aromatic rings. The number of nitrogens with zero attached hydrogens (tertiary/aromatic N) is 2. The first-order valence-corrected chi connectivity index (χ1v) is 5.89. The fraction of sp³-hybridized carbons (Fsp3) is 0.818. The van der Waals surface area contributed by atoms with Crippen LogP contribution in [0, 0.1) is 0 Å². The summed E-state index contributed by atoms with van der Waals surface area (Å²) in [5, 5.41) is 7.36. The van der Waals surface area contributed by atoms with Gasteiger partial charge in [-0.25, -0.2) is 0 Å². The first-order valence-electron chi connectivity index (χ1n) is 5.89. The summed E-state index contributed by atoms with van der Waals surface area (Å²) in [6.07, 6.45) is 4.71. The van der Waals surface area contributed by atoms with Crippen molar-refractivity contribution in [2.45, 2.75) is 58.0 Å². The minimum absolute atomic E-state index is 0.423. The zero-order chi connectivity index (χ0) is 10.7. The molecule has 1 aliphatic carbocycles. The van der Waals surface area contributed by atoms with E-state index in [1.54, 1.807) is 0 Å². The van der Waals surface area contributed by atoms with Gasteiger partial charge in [0.15, 0.2) is 5.82 Å². The molecule has 0 spiro atoms. The summed E-state index contributed by atoms with van der Waals surface area (Å²) in [5.74, 6) is 2.02. The molecule has 1 aromatic heterocycles. The van der Waals surface area contributed by atoms with Gasteiger partial charge in [0, 0.05) is 12.0 Å². The van der Waals surface area contributed by atoms with Crippen molar-refractivity contribution in [2.24, 2.45) is 0 Å². The van der Waals surface area contributed by atoms with Crippen LogP contribution in [0.4, 0.5) is 0 Å². The van der Waals surface area contributed by atoms with Crippen LogP contribution in [0.5, 0.6) is 0 Å². The lowest BCUT2D eigenvalue weighted by Gasteiger charge is -2.04. The Bertz CT molecular complexity index is 303. The van der Waals surface area contributed by atoms with Gasteiger partial charge in [-0.2, -0.15) is 4.98 Å². The maximum absolute atomic E-state index is 5.26. The van der Waals surface area contributed by atoms with E-state index in [0.717, 1.165) is 31.1 Å². The standard InChI is InChI=1S/C11H19N3O/c1-3-8(4-2)11-13-10(14-15-11)7-12-9-5-6-9/h8-9,12H,3-7H2,1-2H3. The van der Waals surface area contributed by atoms with Gasteiger partial charge in [0.2, 0.25) is 5.89 Å². The van der Waals surface area contributed by atoms with Crippen LogP contribution in [0.15, 0.2) is 4.52 Å². The lowest BCUT2D eigenvalue weighted by atomic mass is 10.0. The summed E-state index contributed by atoms with van der Waals surface area (Å²) in [7, 11) is 0. The van der Waals surface area contributed by atoms with Gasteiger partial charge >= 0.3 is 0 Å². The first-order chi connectivity index (χ1) is 7.33. The molecule has 0 aliphatic heterocycles. The van der Waals surface area contributed by atoms with Crippen molar-refractivity contribution in [3.8, 4) is 0 Å². The summed E-state index contributed by atoms with van der Waals surface area (Å²) in [6.45, 7) is 5.05. The predicted molar refractivity (Wildman–Crippen MR) is 57.5 cm³/mol. The highest BCUT2D eigenvalue weighted by Gasteiger charge is 2.21. The third-order valence-electron chi connectivity index (χ3n) is 2.94. The van der Waals surface area contributed by atoms with Crippen molar-refractivity contribution in [2.75, 3.05) is 0 Å². The van der Waals surface area contributed by atoms with E-state index in [1.807, 2.05) is 0 Å². The van der Waals surface area contributed by atoms with Gasteiger partial charge in [-0.05, 0) is 25.7 Å². The summed E-state index contributed by atoms with van der Waals surface area (Å²) in [4.78, 5) is 4.41. The van der Waals surface area contributed by atoms with Gasteiger partial charge in [-0.15, -0.1) is 0 Å². The summed E-state index contributed by atoms with van der Waals surface area (Å²) < 4.78 is 5.26. The van der Waals surface area contributed by atoms with Crippen LogP contribution in [-0.4, -0.2) is 16.2 Å². The quantitative estimate of drug-likeness (QED) is 0.780. The molecule has 1 saturated carbocycles. The Morgan fingerprint density at radius 3 is 2.73 bits per heavy atom. The van der Waals surface area contributed by atoms with E-state index in [4.69, 9.17) is 4.52 Å². The molecule has 0 radical (unpaired) electrons. The molecule has 1 heterocycles. The zero-order valence-electron chi connectivity index (χ0n) is 9.49. The Kier molecular flexibility index (Phi) is 3.36. The molecule has 0 aromatic carbocycles. The molecule has 84 valence electrons. The fourth-order valence-electron chi connectivity index (χ4n) is 1.67. The molecule has 0 atom stereocenters. The van der Waals surface area contributed by atoms with Gasteiger partial charge < -0.3 is 9.84 Å². The van der Waals surface area contributed by atoms with Crippen molar-refractivity contribution >= 4 is 0 Å². The molecule has 4 heteroatoms. The summed E-state index contributed by atoms with van der Waals surface area (Å²) in [6, 6.07) is 0.695. The third kappa shape index (κ3) is 2.78. The molecule has 4 nitrogen and oxygen atoms in total. The van der Waals surface area contributed by atoms with Gasteiger partial charge in [0.25, 0.3) is 0 Å². The first kappa shape index (κ1) is 10.6. The Morgan fingerprint density at radius 1 is 1.40 bits per heavy atom. The smallest absolute Gasteiger partial charge is 0.229 e. The van der Waals surface area contributed by atoms with E-state index in [9.17, 15) is 0 Å². The second-order valence-corrected chi connectivity index (χ2v) is 4.22. The molecular weight excluding hydrogens is 190 g/mol. The van der Waals surface area contributed by atoms with Gasteiger partial charge in [-0.1, -0.05) is 19.0 Å². The number of hydrogen-bond donors (Lipinski definition) is 1. The zero-order valence-corrected chi connectivity index (χ0v) is 9.49. The Hall–Kier alpha value is -0.900. The second-order valence-electron chi connectivity index (χ2n) is 4.22. The van der Waals surface area contributed by atoms with Crippen molar-refractivity contribution in [3.05, 3.63) is 11.7 Å². The number of aromatic nitrogens is 2. The van der Waals surface area contributed by atoms with Gasteiger partial charge in [0.05, 0.1) is 6.54 Å². The van der Waals surface area contributed by atoms with Crippen LogP contribution in [0.1, 0.15) is 57.2 Å². The average Bonchev–Trinajstić information content (AvgIpc) is 2.97. The minimum Gasteiger partial charge on any atom is -0.339 e. The molecule has 0 saturated heterocycles. The van der Waals surface area contributed by atoms with Crippen LogP contribution < -0.4 is 5.32 Å². The van der Waals surface area contributed by atoms with E-state index in [-0.39, 0.29) is 0 Å². The van der Waals surface area contributed by atoms with Crippen LogP contribution in [0.3, 0.4) is 0 Å². The van der Waals surface area contributed by atoms with E-state index in [0.29, 0.717) is 12.0 Å². The van der Waals surface area contributed by atoms with Gasteiger partial charge in [0.1, 0.15) is 0 Å². The third-order valence-corrected chi connectivity index (χ3v) is 2.94. The highest BCUT2D eigenvalue weighted by atomic mass is 16.5. The molecule has 1 N–H and O–H groups in total. The largest absolute Gasteiger partial charge is 0.339 e. The van der Waals surface area contributed by atoms with Crippen molar-refractivity contribution < 1.29 is 4.52 Å². The number of rotatable bonds is 6. The van der Waals surface area contributed by atoms with Crippen molar-refractivity contribution in [1.29, 1.82) is 0 Å². The van der Waals surface area contributed by atoms with E-state index >= 15 is 0 Å². The lowest BCUT2D eigenvalue weighted by Crippen LogP contribution is -2.16. The normalized spacial score (nSPS) is 16.2. The van der Waals surface area contributed by atoms with Crippen LogP contribution >= 0.6 is 0 Å². The van der Waals surface area contributed by atoms with E-state index < -0.39 is 0 Å². The average molecular weight is 209 g/mol. The lowest BCUT2D eigenvalue weighted by molar-refractivity contribution is 0.341. The van der Waals surface area contributed by atoms with Crippen LogP contribution in [0.25, 0.3) is 0 Å². The minimum atomic E-state index is 0.423. The Labute approximate surface area is 90.4 Å². The highest BCUT2D eigenvalue weighted by molar-refractivity contribution is 4.94. The van der Waals surface area contributed by atoms with Crippen LogP contribution in [-0.2, 0) is 6.54 Å². The number of nitrogens with one attached hydrogen (secondary N) is 1. The summed E-state index contributed by atoms with van der Waals surface area (Å²) in [5.41, 5.74) is 0. The molecular formula is C11H19N3O.